The normalized spacial score (nSPS) is 14.9. The van der Waals surface area contributed by atoms with E-state index in [2.05, 4.69) is 0 Å². The van der Waals surface area contributed by atoms with Crippen molar-refractivity contribution in [3.63, 3.8) is 0 Å². The van der Waals surface area contributed by atoms with Crippen LogP contribution in [0.3, 0.4) is 0 Å². The number of carbonyl (C=O) groups is 1. The molecule has 0 saturated carbocycles. The molecule has 6 heteroatoms. The largest absolute Gasteiger partial charge is 0.448 e. The molecule has 0 bridgehead atoms. The van der Waals surface area contributed by atoms with Crippen LogP contribution in [0.5, 0.6) is 0 Å². The molecule has 0 spiro atoms. The van der Waals surface area contributed by atoms with Gasteiger partial charge in [0.15, 0.2) is 0 Å². The molecule has 90 valence electrons. The fourth-order valence-electron chi connectivity index (χ4n) is 1.60. The van der Waals surface area contributed by atoms with Gasteiger partial charge in [-0.25, -0.2) is 9.18 Å². The summed E-state index contributed by atoms with van der Waals surface area (Å²) in [5.74, 6) is -0.421. The Kier molecular flexibility index (Phi) is 3.23. The van der Waals surface area contributed by atoms with Crippen molar-refractivity contribution < 1.29 is 13.9 Å². The Hall–Kier alpha value is -1.69. The van der Waals surface area contributed by atoms with E-state index < -0.39 is 11.9 Å². The first kappa shape index (κ1) is 11.8. The van der Waals surface area contributed by atoms with Crippen LogP contribution in [0.2, 0.25) is 0 Å². The van der Waals surface area contributed by atoms with Crippen molar-refractivity contribution in [1.29, 1.82) is 0 Å². The second-order valence-electron chi connectivity index (χ2n) is 3.71. The third-order valence-electron chi connectivity index (χ3n) is 2.54. The monoisotopic (exact) mass is 254 g/mol. The first-order chi connectivity index (χ1) is 8.08. The number of halogens is 1. The number of ether oxygens (including phenoxy) is 1. The Labute approximate surface area is 103 Å². The van der Waals surface area contributed by atoms with Crippen molar-refractivity contribution in [1.82, 2.24) is 4.90 Å². The summed E-state index contributed by atoms with van der Waals surface area (Å²) >= 11 is 4.75. The minimum Gasteiger partial charge on any atom is -0.448 e. The Morgan fingerprint density at radius 1 is 1.59 bits per heavy atom. The smallest absolute Gasteiger partial charge is 0.410 e. The average molecular weight is 254 g/mol. The molecule has 1 aromatic rings. The predicted octanol–water partition coefficient (Wildman–Crippen LogP) is 1.41. The number of hydrogen-bond donors (Lipinski definition) is 1. The highest BCUT2D eigenvalue weighted by Crippen LogP contribution is 2.15. The van der Waals surface area contributed by atoms with E-state index >= 15 is 0 Å². The second kappa shape index (κ2) is 4.67. The number of carbonyl (C=O) groups excluding carboxylic acids is 1. The molecular formula is C11H11FN2O2S. The van der Waals surface area contributed by atoms with Crippen LogP contribution in [0, 0.1) is 5.82 Å². The van der Waals surface area contributed by atoms with E-state index in [0.29, 0.717) is 24.3 Å². The molecule has 2 N–H and O–H groups in total. The summed E-state index contributed by atoms with van der Waals surface area (Å²) in [7, 11) is 0. The third-order valence-corrected chi connectivity index (χ3v) is 2.78. The van der Waals surface area contributed by atoms with Gasteiger partial charge in [0.25, 0.3) is 0 Å². The molecule has 1 fully saturated rings. The van der Waals surface area contributed by atoms with Gasteiger partial charge in [0, 0.05) is 11.1 Å². The summed E-state index contributed by atoms with van der Waals surface area (Å²) in [5, 5.41) is 0. The van der Waals surface area contributed by atoms with Crippen LogP contribution in [-0.4, -0.2) is 29.1 Å². The number of thiocarbonyl (C=S) groups is 1. The molecule has 1 aromatic carbocycles. The van der Waals surface area contributed by atoms with Crippen LogP contribution >= 0.6 is 12.2 Å². The van der Waals surface area contributed by atoms with Crippen LogP contribution in [0.1, 0.15) is 11.1 Å². The van der Waals surface area contributed by atoms with Gasteiger partial charge in [0.1, 0.15) is 17.4 Å². The van der Waals surface area contributed by atoms with Gasteiger partial charge in [-0.1, -0.05) is 24.4 Å². The molecule has 0 unspecified atom stereocenters. The van der Waals surface area contributed by atoms with Crippen LogP contribution in [0.4, 0.5) is 9.18 Å². The number of amides is 1. The summed E-state index contributed by atoms with van der Waals surface area (Å²) in [6.07, 6.45) is -0.414. The van der Waals surface area contributed by atoms with Gasteiger partial charge in [0.05, 0.1) is 13.1 Å². The number of benzene rings is 1. The standard InChI is InChI=1S/C11H11FN2O2S/c12-9-5-7(10(13)17)1-2-8(9)6-14-3-4-16-11(14)15/h1-2,5H,3-4,6H2,(H2,13,17). The Morgan fingerprint density at radius 2 is 2.35 bits per heavy atom. The van der Waals surface area contributed by atoms with Gasteiger partial charge in [-0.05, 0) is 6.07 Å². The van der Waals surface area contributed by atoms with Crippen LogP contribution in [0.25, 0.3) is 0 Å². The van der Waals surface area contributed by atoms with Gasteiger partial charge in [-0.3, -0.25) is 0 Å². The van der Waals surface area contributed by atoms with Crippen molar-refractivity contribution in [2.45, 2.75) is 6.54 Å². The molecule has 17 heavy (non-hydrogen) atoms. The summed E-state index contributed by atoms with van der Waals surface area (Å²) < 4.78 is 18.5. The number of nitrogens with zero attached hydrogens (tertiary/aromatic N) is 1. The number of hydrogen-bond acceptors (Lipinski definition) is 3. The van der Waals surface area contributed by atoms with E-state index in [-0.39, 0.29) is 11.5 Å². The highest BCUT2D eigenvalue weighted by Gasteiger charge is 2.22. The number of cyclic esters (lactones) is 1. The SMILES string of the molecule is NC(=S)c1ccc(CN2CCOC2=O)c(F)c1. The van der Waals surface area contributed by atoms with Crippen molar-refractivity contribution in [3.05, 3.63) is 35.1 Å². The minimum atomic E-state index is -0.421. The van der Waals surface area contributed by atoms with Gasteiger partial charge in [-0.15, -0.1) is 0 Å². The molecule has 1 amide bonds. The Bertz CT molecular complexity index is 479. The quantitative estimate of drug-likeness (QED) is 0.829. The topological polar surface area (TPSA) is 55.6 Å². The van der Waals surface area contributed by atoms with Gasteiger partial charge >= 0.3 is 6.09 Å². The summed E-state index contributed by atoms with van der Waals surface area (Å²) in [4.78, 5) is 12.8. The van der Waals surface area contributed by atoms with E-state index in [9.17, 15) is 9.18 Å². The number of rotatable bonds is 3. The van der Waals surface area contributed by atoms with Crippen molar-refractivity contribution in [2.24, 2.45) is 5.73 Å². The molecule has 2 rings (SSSR count). The van der Waals surface area contributed by atoms with Crippen LogP contribution < -0.4 is 5.73 Å². The first-order valence-corrected chi connectivity index (χ1v) is 5.48. The molecule has 0 aromatic heterocycles. The minimum absolute atomic E-state index is 0.149. The Balaban J connectivity index is 2.16. The van der Waals surface area contributed by atoms with Crippen molar-refractivity contribution in [2.75, 3.05) is 13.2 Å². The zero-order chi connectivity index (χ0) is 12.4. The molecular weight excluding hydrogens is 243 g/mol. The van der Waals surface area contributed by atoms with Crippen LogP contribution in [-0.2, 0) is 11.3 Å². The fourth-order valence-corrected chi connectivity index (χ4v) is 1.73. The average Bonchev–Trinajstić information content (AvgIpc) is 2.67. The first-order valence-electron chi connectivity index (χ1n) is 5.08. The maximum absolute atomic E-state index is 13.7. The van der Waals surface area contributed by atoms with Gasteiger partial charge < -0.3 is 15.4 Å². The molecule has 4 nitrogen and oxygen atoms in total. The highest BCUT2D eigenvalue weighted by atomic mass is 32.1. The lowest BCUT2D eigenvalue weighted by atomic mass is 10.1. The molecule has 0 atom stereocenters. The fraction of sp³-hybridized carbons (Fsp3) is 0.273. The molecule has 1 heterocycles. The lowest BCUT2D eigenvalue weighted by molar-refractivity contribution is 0.157. The summed E-state index contributed by atoms with van der Waals surface area (Å²) in [5.41, 5.74) is 6.30. The summed E-state index contributed by atoms with van der Waals surface area (Å²) in [6, 6.07) is 4.50. The predicted molar refractivity (Wildman–Crippen MR) is 64.0 cm³/mol. The van der Waals surface area contributed by atoms with Gasteiger partial charge in [0.2, 0.25) is 0 Å². The van der Waals surface area contributed by atoms with E-state index in [1.165, 1.54) is 11.0 Å². The van der Waals surface area contributed by atoms with E-state index in [4.69, 9.17) is 22.7 Å². The Morgan fingerprint density at radius 3 is 2.88 bits per heavy atom. The molecule has 1 aliphatic rings. The van der Waals surface area contributed by atoms with E-state index in [1.807, 2.05) is 0 Å². The molecule has 1 aliphatic heterocycles. The molecule has 0 radical (unpaired) electrons. The third kappa shape index (κ3) is 2.52. The zero-order valence-corrected chi connectivity index (χ0v) is 9.80. The van der Waals surface area contributed by atoms with Gasteiger partial charge in [-0.2, -0.15) is 0 Å². The lowest BCUT2D eigenvalue weighted by Gasteiger charge is -2.13. The summed E-state index contributed by atoms with van der Waals surface area (Å²) in [6.45, 7) is 1.03. The maximum atomic E-state index is 13.7. The number of nitrogens with two attached hydrogens (primary N) is 1. The molecule has 1 saturated heterocycles. The zero-order valence-electron chi connectivity index (χ0n) is 8.98. The second-order valence-corrected chi connectivity index (χ2v) is 4.15. The van der Waals surface area contributed by atoms with E-state index in [1.54, 1.807) is 12.1 Å². The highest BCUT2D eigenvalue weighted by molar-refractivity contribution is 7.80. The van der Waals surface area contributed by atoms with Crippen LogP contribution in [0.15, 0.2) is 18.2 Å². The van der Waals surface area contributed by atoms with Crippen molar-refractivity contribution >= 4 is 23.3 Å². The maximum Gasteiger partial charge on any atom is 0.410 e. The van der Waals surface area contributed by atoms with Crippen molar-refractivity contribution in [3.8, 4) is 0 Å². The van der Waals surface area contributed by atoms with E-state index in [0.717, 1.165) is 0 Å². The lowest BCUT2D eigenvalue weighted by Crippen LogP contribution is -2.24. The molecule has 0 aliphatic carbocycles.